The van der Waals surface area contributed by atoms with Gasteiger partial charge in [-0.2, -0.15) is 0 Å². The monoisotopic (exact) mass is 536 g/mol. The zero-order chi connectivity index (χ0) is 27.4. The summed E-state index contributed by atoms with van der Waals surface area (Å²) in [6.07, 6.45) is 12.1. The van der Waals surface area contributed by atoms with Crippen LogP contribution in [0.5, 0.6) is 0 Å². The molecule has 3 atom stereocenters. The van der Waals surface area contributed by atoms with Gasteiger partial charge in [-0.25, -0.2) is 0 Å². The molecule has 3 rings (SSSR count). The molecule has 1 unspecified atom stereocenters. The fourth-order valence-electron chi connectivity index (χ4n) is 4.62. The van der Waals surface area contributed by atoms with Gasteiger partial charge in [-0.05, 0) is 54.9 Å². The SMILES string of the molecule is CCCCCC[C@H](C)OC(=O)C1(C(=O)OC[C@@H](Cl)CCC)C=CC(c2ccc(-c3ccccc3)cc2)=CC1. The van der Waals surface area contributed by atoms with Crippen molar-refractivity contribution < 1.29 is 19.1 Å². The number of ether oxygens (including phenoxy) is 2. The smallest absolute Gasteiger partial charge is 0.328 e. The van der Waals surface area contributed by atoms with Crippen LogP contribution >= 0.6 is 11.6 Å². The lowest BCUT2D eigenvalue weighted by Crippen LogP contribution is -2.42. The minimum atomic E-state index is -1.51. The van der Waals surface area contributed by atoms with Crippen molar-refractivity contribution in [2.24, 2.45) is 5.41 Å². The summed E-state index contributed by atoms with van der Waals surface area (Å²) < 4.78 is 11.4. The summed E-state index contributed by atoms with van der Waals surface area (Å²) >= 11 is 6.29. The number of halogens is 1. The molecule has 1 aliphatic carbocycles. The highest BCUT2D eigenvalue weighted by Gasteiger charge is 2.48. The number of rotatable bonds is 14. The Morgan fingerprint density at radius 2 is 1.55 bits per heavy atom. The number of carbonyl (C=O) groups is 2. The Hall–Kier alpha value is -2.85. The van der Waals surface area contributed by atoms with E-state index < -0.39 is 17.4 Å². The van der Waals surface area contributed by atoms with Gasteiger partial charge in [0.05, 0.1) is 11.5 Å². The van der Waals surface area contributed by atoms with Crippen LogP contribution in [0.4, 0.5) is 0 Å². The number of benzene rings is 2. The molecular weight excluding hydrogens is 496 g/mol. The summed E-state index contributed by atoms with van der Waals surface area (Å²) in [7, 11) is 0. The molecule has 0 spiro atoms. The first kappa shape index (κ1) is 29.7. The van der Waals surface area contributed by atoms with Gasteiger partial charge in [0, 0.05) is 0 Å². The molecular formula is C33H41ClO4. The molecule has 0 N–H and O–H groups in total. The molecule has 2 aromatic rings. The lowest BCUT2D eigenvalue weighted by atomic mass is 9.78. The zero-order valence-corrected chi connectivity index (χ0v) is 23.7. The molecule has 4 nitrogen and oxygen atoms in total. The third kappa shape index (κ3) is 8.07. The molecule has 0 radical (unpaired) electrons. The van der Waals surface area contributed by atoms with Crippen molar-refractivity contribution in [3.63, 3.8) is 0 Å². The molecule has 0 bridgehead atoms. The Kier molecular flexibility index (Phi) is 11.7. The lowest BCUT2D eigenvalue weighted by Gasteiger charge is -2.30. The third-order valence-electron chi connectivity index (χ3n) is 7.01. The van der Waals surface area contributed by atoms with Gasteiger partial charge in [0.15, 0.2) is 5.41 Å². The standard InChI is InChI=1S/C33H41ClO4/c1-4-6-7-9-13-25(3)38-32(36)33(31(35)37-24-30(34)12-5-2)22-20-29(21-23-33)28-18-16-27(17-19-28)26-14-10-8-11-15-26/h8,10-11,14-22,25,30H,4-7,9,12-13,23-24H2,1-3H3/t25-,30-,33?/m0/s1. The number of unbranched alkanes of at least 4 members (excludes halogenated alkanes) is 3. The third-order valence-corrected chi connectivity index (χ3v) is 7.36. The van der Waals surface area contributed by atoms with Crippen LogP contribution in [0.1, 0.15) is 77.7 Å². The molecule has 0 heterocycles. The Labute approximate surface area is 233 Å². The minimum absolute atomic E-state index is 0.0706. The Bertz CT molecular complexity index is 1090. The topological polar surface area (TPSA) is 52.6 Å². The predicted molar refractivity (Wildman–Crippen MR) is 156 cm³/mol. The molecule has 1 aliphatic rings. The van der Waals surface area contributed by atoms with Crippen LogP contribution in [0.2, 0.25) is 0 Å². The van der Waals surface area contributed by atoms with E-state index in [0.29, 0.717) is 0 Å². The number of carbonyl (C=O) groups excluding carboxylic acids is 2. The van der Waals surface area contributed by atoms with E-state index in [1.165, 1.54) is 0 Å². The maximum absolute atomic E-state index is 13.4. The Morgan fingerprint density at radius 1 is 0.868 bits per heavy atom. The van der Waals surface area contributed by atoms with Gasteiger partial charge in [0.1, 0.15) is 6.61 Å². The van der Waals surface area contributed by atoms with Crippen LogP contribution in [0.3, 0.4) is 0 Å². The molecule has 204 valence electrons. The number of hydrogen-bond donors (Lipinski definition) is 0. The Balaban J connectivity index is 1.74. The van der Waals surface area contributed by atoms with Gasteiger partial charge in [0.2, 0.25) is 0 Å². The van der Waals surface area contributed by atoms with E-state index in [0.717, 1.165) is 67.2 Å². The number of allylic oxidation sites excluding steroid dienone is 3. The summed E-state index contributed by atoms with van der Waals surface area (Å²) in [6, 6.07) is 18.5. The summed E-state index contributed by atoms with van der Waals surface area (Å²) in [6.45, 7) is 6.16. The van der Waals surface area contributed by atoms with E-state index in [-0.39, 0.29) is 24.5 Å². The fraction of sp³-hybridized carbons (Fsp3) is 0.455. The molecule has 0 saturated carbocycles. The van der Waals surface area contributed by atoms with Crippen LogP contribution < -0.4 is 0 Å². The van der Waals surface area contributed by atoms with Crippen molar-refractivity contribution in [3.8, 4) is 11.1 Å². The van der Waals surface area contributed by atoms with Crippen LogP contribution in [-0.2, 0) is 19.1 Å². The van der Waals surface area contributed by atoms with E-state index in [1.807, 2.05) is 44.2 Å². The van der Waals surface area contributed by atoms with E-state index >= 15 is 0 Å². The predicted octanol–water partition coefficient (Wildman–Crippen LogP) is 8.54. The largest absolute Gasteiger partial charge is 0.463 e. The van der Waals surface area contributed by atoms with Gasteiger partial charge in [-0.1, -0.05) is 112 Å². The number of hydrogen-bond acceptors (Lipinski definition) is 4. The van der Waals surface area contributed by atoms with Crippen LogP contribution in [0, 0.1) is 5.41 Å². The van der Waals surface area contributed by atoms with Gasteiger partial charge < -0.3 is 9.47 Å². The minimum Gasteiger partial charge on any atom is -0.463 e. The van der Waals surface area contributed by atoms with Crippen molar-refractivity contribution in [1.29, 1.82) is 0 Å². The van der Waals surface area contributed by atoms with Crippen molar-refractivity contribution in [1.82, 2.24) is 0 Å². The highest BCUT2D eigenvalue weighted by molar-refractivity contribution is 6.20. The highest BCUT2D eigenvalue weighted by Crippen LogP contribution is 2.37. The van der Waals surface area contributed by atoms with E-state index in [9.17, 15) is 9.59 Å². The van der Waals surface area contributed by atoms with Crippen molar-refractivity contribution in [3.05, 3.63) is 78.4 Å². The zero-order valence-electron chi connectivity index (χ0n) is 23.0. The second-order valence-electron chi connectivity index (χ2n) is 10.2. The molecule has 0 aromatic heterocycles. The van der Waals surface area contributed by atoms with Crippen molar-refractivity contribution in [2.45, 2.75) is 83.6 Å². The number of alkyl halides is 1. The van der Waals surface area contributed by atoms with E-state index in [2.05, 4.69) is 43.3 Å². The average Bonchev–Trinajstić information content (AvgIpc) is 2.95. The van der Waals surface area contributed by atoms with Crippen LogP contribution in [0.15, 0.2) is 72.8 Å². The summed E-state index contributed by atoms with van der Waals surface area (Å²) in [4.78, 5) is 26.8. The maximum atomic E-state index is 13.4. The Morgan fingerprint density at radius 3 is 2.18 bits per heavy atom. The quantitative estimate of drug-likeness (QED) is 0.105. The van der Waals surface area contributed by atoms with E-state index in [4.69, 9.17) is 21.1 Å². The molecule has 38 heavy (non-hydrogen) atoms. The van der Waals surface area contributed by atoms with Gasteiger partial charge in [-0.15, -0.1) is 11.6 Å². The highest BCUT2D eigenvalue weighted by atomic mass is 35.5. The molecule has 5 heteroatoms. The second kappa shape index (κ2) is 14.9. The van der Waals surface area contributed by atoms with Crippen LogP contribution in [0.25, 0.3) is 16.7 Å². The van der Waals surface area contributed by atoms with Gasteiger partial charge in [-0.3, -0.25) is 9.59 Å². The number of esters is 2. The molecule has 0 aliphatic heterocycles. The summed E-state index contributed by atoms with van der Waals surface area (Å²) in [5, 5.41) is -0.281. The molecule has 0 amide bonds. The molecule has 2 aromatic carbocycles. The van der Waals surface area contributed by atoms with Gasteiger partial charge in [0.25, 0.3) is 0 Å². The van der Waals surface area contributed by atoms with E-state index in [1.54, 1.807) is 6.08 Å². The first-order valence-corrected chi connectivity index (χ1v) is 14.4. The first-order chi connectivity index (χ1) is 18.4. The molecule has 0 saturated heterocycles. The van der Waals surface area contributed by atoms with Gasteiger partial charge >= 0.3 is 11.9 Å². The van der Waals surface area contributed by atoms with Crippen molar-refractivity contribution in [2.75, 3.05) is 6.61 Å². The first-order valence-electron chi connectivity index (χ1n) is 14.0. The normalized spacial score (nSPS) is 18.4. The van der Waals surface area contributed by atoms with Crippen molar-refractivity contribution >= 4 is 29.1 Å². The lowest BCUT2D eigenvalue weighted by molar-refractivity contribution is -0.171. The maximum Gasteiger partial charge on any atom is 0.328 e. The average molecular weight is 537 g/mol. The van der Waals surface area contributed by atoms with Crippen LogP contribution in [-0.4, -0.2) is 30.0 Å². The fourth-order valence-corrected chi connectivity index (χ4v) is 4.90. The summed E-state index contributed by atoms with van der Waals surface area (Å²) in [5.41, 5.74) is 2.75. The second-order valence-corrected chi connectivity index (χ2v) is 10.8. The molecule has 0 fully saturated rings. The summed E-state index contributed by atoms with van der Waals surface area (Å²) in [5.74, 6) is -1.16.